The lowest BCUT2D eigenvalue weighted by Gasteiger charge is -2.35. The van der Waals surface area contributed by atoms with E-state index in [1.54, 1.807) is 18.9 Å². The Bertz CT molecular complexity index is 290. The van der Waals surface area contributed by atoms with Crippen LogP contribution in [0.1, 0.15) is 47.5 Å². The van der Waals surface area contributed by atoms with Crippen LogP contribution in [0.15, 0.2) is 0 Å². The van der Waals surface area contributed by atoms with Gasteiger partial charge in [0.2, 0.25) is 0 Å². The summed E-state index contributed by atoms with van der Waals surface area (Å²) in [6.07, 6.45) is 1.23. The molecule has 1 fully saturated rings. The van der Waals surface area contributed by atoms with E-state index >= 15 is 0 Å². The number of carbonyl (C=O) groups excluding carboxylic acids is 1. The second-order valence-electron chi connectivity index (χ2n) is 6.18. The maximum Gasteiger partial charge on any atom is 0.410 e. The third-order valence-corrected chi connectivity index (χ3v) is 3.75. The van der Waals surface area contributed by atoms with Crippen LogP contribution in [-0.2, 0) is 4.74 Å². The molecule has 1 rings (SSSR count). The van der Waals surface area contributed by atoms with Crippen molar-refractivity contribution in [2.24, 2.45) is 5.41 Å². The monoisotopic (exact) mass is 243 g/mol. The first kappa shape index (κ1) is 14.3. The van der Waals surface area contributed by atoms with Crippen molar-refractivity contribution in [3.8, 4) is 0 Å². The predicted octanol–water partition coefficient (Wildman–Crippen LogP) is 2.40. The molecule has 0 bridgehead atoms. The molecule has 0 saturated heterocycles. The standard InChI is InChI=1S/C13H25NO3/c1-9(13(7-8-13)10(2)15)14(6)11(16)17-12(3,4)5/h9-10,15H,7-8H2,1-6H3. The van der Waals surface area contributed by atoms with Gasteiger partial charge >= 0.3 is 6.09 Å². The van der Waals surface area contributed by atoms with Gasteiger partial charge in [0.15, 0.2) is 0 Å². The number of carbonyl (C=O) groups is 1. The highest BCUT2D eigenvalue weighted by Crippen LogP contribution is 2.53. The second-order valence-corrected chi connectivity index (χ2v) is 6.18. The highest BCUT2D eigenvalue weighted by molar-refractivity contribution is 5.68. The minimum atomic E-state index is -0.480. The summed E-state index contributed by atoms with van der Waals surface area (Å²) in [6, 6.07) is -0.00245. The molecule has 2 atom stereocenters. The fourth-order valence-corrected chi connectivity index (χ4v) is 2.21. The second kappa shape index (κ2) is 4.48. The van der Waals surface area contributed by atoms with E-state index < -0.39 is 5.60 Å². The summed E-state index contributed by atoms with van der Waals surface area (Å²) in [7, 11) is 1.74. The summed E-state index contributed by atoms with van der Waals surface area (Å²) in [6.45, 7) is 9.33. The molecule has 0 aromatic rings. The zero-order chi connectivity index (χ0) is 13.4. The third kappa shape index (κ3) is 3.12. The van der Waals surface area contributed by atoms with Crippen LogP contribution in [0.25, 0.3) is 0 Å². The summed E-state index contributed by atoms with van der Waals surface area (Å²) in [5.74, 6) is 0. The normalized spacial score (nSPS) is 21.6. The Morgan fingerprint density at radius 1 is 1.35 bits per heavy atom. The molecule has 2 unspecified atom stereocenters. The fourth-order valence-electron chi connectivity index (χ4n) is 2.21. The van der Waals surface area contributed by atoms with Crippen molar-refractivity contribution >= 4 is 6.09 Å². The number of nitrogens with zero attached hydrogens (tertiary/aromatic N) is 1. The lowest BCUT2D eigenvalue weighted by Crippen LogP contribution is -2.46. The van der Waals surface area contributed by atoms with Crippen LogP contribution in [0.5, 0.6) is 0 Å². The topological polar surface area (TPSA) is 49.8 Å². The summed E-state index contributed by atoms with van der Waals surface area (Å²) in [5.41, 5.74) is -0.613. The Hall–Kier alpha value is -0.770. The number of aliphatic hydroxyl groups is 1. The molecular weight excluding hydrogens is 218 g/mol. The van der Waals surface area contributed by atoms with Gasteiger partial charge in [-0.25, -0.2) is 4.79 Å². The molecule has 1 aliphatic carbocycles. The molecule has 4 nitrogen and oxygen atoms in total. The molecule has 0 aromatic heterocycles. The molecule has 1 amide bonds. The first-order valence-corrected chi connectivity index (χ1v) is 6.24. The van der Waals surface area contributed by atoms with Crippen molar-refractivity contribution in [3.05, 3.63) is 0 Å². The number of rotatable bonds is 3. The Kier molecular flexibility index (Phi) is 3.77. The zero-order valence-corrected chi connectivity index (χ0v) is 11.8. The van der Waals surface area contributed by atoms with Crippen molar-refractivity contribution in [2.75, 3.05) is 7.05 Å². The van der Waals surface area contributed by atoms with Crippen LogP contribution < -0.4 is 0 Å². The Labute approximate surface area is 104 Å². The van der Waals surface area contributed by atoms with Crippen LogP contribution in [0, 0.1) is 5.41 Å². The minimum Gasteiger partial charge on any atom is -0.444 e. The van der Waals surface area contributed by atoms with E-state index in [-0.39, 0.29) is 23.7 Å². The molecule has 0 radical (unpaired) electrons. The molecule has 0 aliphatic heterocycles. The van der Waals surface area contributed by atoms with E-state index in [4.69, 9.17) is 4.74 Å². The highest BCUT2D eigenvalue weighted by atomic mass is 16.6. The van der Waals surface area contributed by atoms with Gasteiger partial charge in [0, 0.05) is 18.5 Å². The lowest BCUT2D eigenvalue weighted by atomic mass is 9.91. The number of hydrogen-bond donors (Lipinski definition) is 1. The van der Waals surface area contributed by atoms with Gasteiger partial charge in [-0.1, -0.05) is 0 Å². The van der Waals surface area contributed by atoms with Gasteiger partial charge in [-0.15, -0.1) is 0 Å². The maximum atomic E-state index is 11.9. The van der Waals surface area contributed by atoms with Gasteiger partial charge in [0.25, 0.3) is 0 Å². The van der Waals surface area contributed by atoms with E-state index in [1.165, 1.54) is 0 Å². The Balaban J connectivity index is 2.64. The summed E-state index contributed by atoms with van der Waals surface area (Å²) in [5, 5.41) is 9.80. The molecule has 17 heavy (non-hydrogen) atoms. The third-order valence-electron chi connectivity index (χ3n) is 3.75. The van der Waals surface area contributed by atoms with Crippen LogP contribution in [0.3, 0.4) is 0 Å². The average Bonchev–Trinajstić information content (AvgIpc) is 2.93. The van der Waals surface area contributed by atoms with E-state index in [1.807, 2.05) is 27.7 Å². The van der Waals surface area contributed by atoms with Gasteiger partial charge < -0.3 is 14.7 Å². The van der Waals surface area contributed by atoms with Gasteiger partial charge in [0.05, 0.1) is 6.10 Å². The first-order valence-electron chi connectivity index (χ1n) is 6.24. The molecule has 0 aromatic carbocycles. The van der Waals surface area contributed by atoms with Crippen LogP contribution >= 0.6 is 0 Å². The molecule has 1 N–H and O–H groups in total. The number of ether oxygens (including phenoxy) is 1. The van der Waals surface area contributed by atoms with E-state index in [2.05, 4.69) is 0 Å². The molecule has 0 spiro atoms. The first-order chi connectivity index (χ1) is 7.60. The Morgan fingerprint density at radius 2 is 1.82 bits per heavy atom. The quantitative estimate of drug-likeness (QED) is 0.828. The van der Waals surface area contributed by atoms with Gasteiger partial charge in [-0.05, 0) is 47.5 Å². The van der Waals surface area contributed by atoms with Crippen molar-refractivity contribution in [2.45, 2.75) is 65.2 Å². The smallest absolute Gasteiger partial charge is 0.410 e. The molecule has 100 valence electrons. The van der Waals surface area contributed by atoms with Gasteiger partial charge in [-0.3, -0.25) is 0 Å². The molecule has 0 heterocycles. The van der Waals surface area contributed by atoms with E-state index in [0.29, 0.717) is 0 Å². The fraction of sp³-hybridized carbons (Fsp3) is 0.923. The zero-order valence-electron chi connectivity index (χ0n) is 11.8. The van der Waals surface area contributed by atoms with Gasteiger partial charge in [-0.2, -0.15) is 0 Å². The van der Waals surface area contributed by atoms with Crippen LogP contribution in [0.2, 0.25) is 0 Å². The predicted molar refractivity (Wildman–Crippen MR) is 66.8 cm³/mol. The lowest BCUT2D eigenvalue weighted by molar-refractivity contribution is 0.00150. The average molecular weight is 243 g/mol. The molecule has 1 aliphatic rings. The van der Waals surface area contributed by atoms with E-state index in [9.17, 15) is 9.90 Å². The Morgan fingerprint density at radius 3 is 2.12 bits per heavy atom. The highest BCUT2D eigenvalue weighted by Gasteiger charge is 2.53. The maximum absolute atomic E-state index is 11.9. The molecular formula is C13H25NO3. The minimum absolute atomic E-state index is 0.00245. The summed E-state index contributed by atoms with van der Waals surface area (Å²) >= 11 is 0. The van der Waals surface area contributed by atoms with Crippen LogP contribution in [0.4, 0.5) is 4.79 Å². The van der Waals surface area contributed by atoms with E-state index in [0.717, 1.165) is 12.8 Å². The number of hydrogen-bond acceptors (Lipinski definition) is 3. The van der Waals surface area contributed by atoms with Gasteiger partial charge in [0.1, 0.15) is 5.60 Å². The molecule has 4 heteroatoms. The summed E-state index contributed by atoms with van der Waals surface area (Å²) in [4.78, 5) is 13.5. The molecule has 1 saturated carbocycles. The van der Waals surface area contributed by atoms with Crippen LogP contribution in [-0.4, -0.2) is 40.9 Å². The van der Waals surface area contributed by atoms with Crippen molar-refractivity contribution in [1.82, 2.24) is 4.90 Å². The van der Waals surface area contributed by atoms with Crippen molar-refractivity contribution < 1.29 is 14.6 Å². The summed E-state index contributed by atoms with van der Waals surface area (Å²) < 4.78 is 5.33. The largest absolute Gasteiger partial charge is 0.444 e. The van der Waals surface area contributed by atoms with Crippen molar-refractivity contribution in [3.63, 3.8) is 0 Å². The SMILES string of the molecule is CC(O)C1(C(C)N(C)C(=O)OC(C)(C)C)CC1. The number of aliphatic hydroxyl groups excluding tert-OH is 1. The number of amides is 1. The van der Waals surface area contributed by atoms with Crippen molar-refractivity contribution in [1.29, 1.82) is 0 Å².